The molecule has 16 heavy (non-hydrogen) atoms. The normalized spacial score (nSPS) is 9.88. The van der Waals surface area contributed by atoms with Gasteiger partial charge in [0.2, 0.25) is 0 Å². The van der Waals surface area contributed by atoms with Gasteiger partial charge in [-0.1, -0.05) is 13.3 Å². The second-order valence-electron chi connectivity index (χ2n) is 3.26. The molecule has 0 spiro atoms. The highest BCUT2D eigenvalue weighted by atomic mass is 17.2. The number of carbonyl (C=O) groups is 1. The molecule has 0 atom stereocenters. The molecule has 0 aliphatic carbocycles. The van der Waals surface area contributed by atoms with Gasteiger partial charge in [0.25, 0.3) is 0 Å². The third-order valence-corrected chi connectivity index (χ3v) is 2.02. The van der Waals surface area contributed by atoms with Crippen LogP contribution in [0.4, 0.5) is 0 Å². The number of rotatable bonds is 6. The average molecular weight is 224 g/mol. The molecule has 1 aromatic rings. The van der Waals surface area contributed by atoms with Crippen LogP contribution in [0.3, 0.4) is 0 Å². The molecular weight excluding hydrogens is 208 g/mol. The fraction of sp³-hybridized carbons (Fsp3) is 0.417. The molecule has 0 N–H and O–H groups in total. The largest absolute Gasteiger partial charge is 0.494 e. The van der Waals surface area contributed by atoms with Crippen molar-refractivity contribution < 1.29 is 19.3 Å². The first-order valence-corrected chi connectivity index (χ1v) is 5.25. The third kappa shape index (κ3) is 3.90. The topological polar surface area (TPSA) is 44.8 Å². The van der Waals surface area contributed by atoms with Gasteiger partial charge in [0.1, 0.15) is 5.75 Å². The summed E-state index contributed by atoms with van der Waals surface area (Å²) in [6.07, 6.45) is 2.12. The van der Waals surface area contributed by atoms with E-state index in [4.69, 9.17) is 4.74 Å². The molecular formula is C12H16O4. The van der Waals surface area contributed by atoms with Crippen LogP contribution in [0.15, 0.2) is 24.3 Å². The van der Waals surface area contributed by atoms with E-state index < -0.39 is 5.97 Å². The molecule has 0 aliphatic rings. The summed E-state index contributed by atoms with van der Waals surface area (Å²) >= 11 is 0. The minimum absolute atomic E-state index is 0.435. The molecule has 0 aliphatic heterocycles. The van der Waals surface area contributed by atoms with Crippen molar-refractivity contribution in [1.29, 1.82) is 0 Å². The number of unbranched alkanes of at least 4 members (excludes halogenated alkanes) is 1. The lowest BCUT2D eigenvalue weighted by Crippen LogP contribution is -2.04. The summed E-state index contributed by atoms with van der Waals surface area (Å²) in [5.41, 5.74) is 0.435. The van der Waals surface area contributed by atoms with Crippen LogP contribution < -0.4 is 4.74 Å². The molecule has 4 nitrogen and oxygen atoms in total. The van der Waals surface area contributed by atoms with E-state index >= 15 is 0 Å². The first-order chi connectivity index (χ1) is 7.77. The molecule has 1 aromatic carbocycles. The minimum atomic E-state index is -0.511. The van der Waals surface area contributed by atoms with Crippen LogP contribution in [0.25, 0.3) is 0 Å². The van der Waals surface area contributed by atoms with Crippen molar-refractivity contribution in [2.24, 2.45) is 0 Å². The fourth-order valence-corrected chi connectivity index (χ4v) is 1.15. The maximum Gasteiger partial charge on any atom is 0.373 e. The van der Waals surface area contributed by atoms with Gasteiger partial charge in [-0.25, -0.2) is 4.79 Å². The Balaban J connectivity index is 2.50. The van der Waals surface area contributed by atoms with Crippen molar-refractivity contribution >= 4 is 5.97 Å². The van der Waals surface area contributed by atoms with E-state index in [1.54, 1.807) is 24.3 Å². The third-order valence-electron chi connectivity index (χ3n) is 2.02. The van der Waals surface area contributed by atoms with E-state index in [1.807, 2.05) is 0 Å². The Morgan fingerprint density at radius 3 is 2.50 bits per heavy atom. The van der Waals surface area contributed by atoms with Crippen LogP contribution in [-0.4, -0.2) is 19.7 Å². The highest BCUT2D eigenvalue weighted by molar-refractivity contribution is 5.89. The summed E-state index contributed by atoms with van der Waals surface area (Å²) in [4.78, 5) is 19.9. The Hall–Kier alpha value is -1.55. The Bertz CT molecular complexity index is 318. The SMILES string of the molecule is CCCCOc1ccc(C(=O)OOC)cc1. The van der Waals surface area contributed by atoms with Crippen molar-refractivity contribution in [3.05, 3.63) is 29.8 Å². The Morgan fingerprint density at radius 1 is 1.25 bits per heavy atom. The zero-order valence-corrected chi connectivity index (χ0v) is 9.56. The van der Waals surface area contributed by atoms with Gasteiger partial charge in [0, 0.05) is 0 Å². The van der Waals surface area contributed by atoms with Gasteiger partial charge in [0.05, 0.1) is 19.3 Å². The van der Waals surface area contributed by atoms with Crippen LogP contribution >= 0.6 is 0 Å². The average Bonchev–Trinajstić information content (AvgIpc) is 2.30. The van der Waals surface area contributed by atoms with Crippen LogP contribution in [-0.2, 0) is 9.78 Å². The fourth-order valence-electron chi connectivity index (χ4n) is 1.15. The van der Waals surface area contributed by atoms with Crippen LogP contribution in [0.2, 0.25) is 0 Å². The monoisotopic (exact) mass is 224 g/mol. The standard InChI is InChI=1S/C12H16O4/c1-3-4-9-15-11-7-5-10(6-8-11)12(13)16-14-2/h5-8H,3-4,9H2,1-2H3. The Labute approximate surface area is 95.1 Å². The number of carbonyl (C=O) groups excluding carboxylic acids is 1. The summed E-state index contributed by atoms with van der Waals surface area (Å²) in [5.74, 6) is 0.241. The number of benzene rings is 1. The van der Waals surface area contributed by atoms with Gasteiger partial charge in [-0.2, -0.15) is 4.89 Å². The van der Waals surface area contributed by atoms with Crippen molar-refractivity contribution in [2.45, 2.75) is 19.8 Å². The molecule has 0 bridgehead atoms. The molecule has 88 valence electrons. The van der Waals surface area contributed by atoms with Gasteiger partial charge < -0.3 is 4.74 Å². The number of hydrogen-bond donors (Lipinski definition) is 0. The van der Waals surface area contributed by atoms with Gasteiger partial charge in [-0.05, 0) is 30.7 Å². The van der Waals surface area contributed by atoms with Crippen molar-refractivity contribution in [3.63, 3.8) is 0 Å². The maximum absolute atomic E-state index is 11.2. The summed E-state index contributed by atoms with van der Waals surface area (Å²) in [5, 5.41) is 0. The lowest BCUT2D eigenvalue weighted by atomic mass is 10.2. The Morgan fingerprint density at radius 2 is 1.94 bits per heavy atom. The summed E-state index contributed by atoms with van der Waals surface area (Å²) in [7, 11) is 1.29. The van der Waals surface area contributed by atoms with E-state index in [0.29, 0.717) is 12.2 Å². The van der Waals surface area contributed by atoms with Crippen LogP contribution in [0.5, 0.6) is 5.75 Å². The van der Waals surface area contributed by atoms with Crippen molar-refractivity contribution in [1.82, 2.24) is 0 Å². The van der Waals surface area contributed by atoms with E-state index in [2.05, 4.69) is 16.7 Å². The molecule has 0 heterocycles. The predicted molar refractivity (Wildman–Crippen MR) is 59.3 cm³/mol. The van der Waals surface area contributed by atoms with Gasteiger partial charge in [-0.15, -0.1) is 0 Å². The van der Waals surface area contributed by atoms with E-state index in [1.165, 1.54) is 7.11 Å². The van der Waals surface area contributed by atoms with Crippen LogP contribution in [0.1, 0.15) is 30.1 Å². The summed E-state index contributed by atoms with van der Waals surface area (Å²) in [6.45, 7) is 2.80. The molecule has 0 aromatic heterocycles. The van der Waals surface area contributed by atoms with Crippen molar-refractivity contribution in [2.75, 3.05) is 13.7 Å². The van der Waals surface area contributed by atoms with E-state index in [9.17, 15) is 4.79 Å². The van der Waals surface area contributed by atoms with Crippen LogP contribution in [0, 0.1) is 0 Å². The molecule has 0 saturated carbocycles. The number of hydrogen-bond acceptors (Lipinski definition) is 4. The second-order valence-corrected chi connectivity index (χ2v) is 3.26. The molecule has 0 radical (unpaired) electrons. The highest BCUT2D eigenvalue weighted by Gasteiger charge is 2.07. The van der Waals surface area contributed by atoms with Gasteiger partial charge >= 0.3 is 5.97 Å². The van der Waals surface area contributed by atoms with E-state index in [0.717, 1.165) is 18.6 Å². The molecule has 0 unspecified atom stereocenters. The lowest BCUT2D eigenvalue weighted by molar-refractivity contribution is -0.216. The lowest BCUT2D eigenvalue weighted by Gasteiger charge is -2.05. The first kappa shape index (κ1) is 12.5. The maximum atomic E-state index is 11.2. The molecule has 4 heteroatoms. The zero-order chi connectivity index (χ0) is 11.8. The molecule has 1 rings (SSSR count). The highest BCUT2D eigenvalue weighted by Crippen LogP contribution is 2.13. The quantitative estimate of drug-likeness (QED) is 0.423. The molecule has 0 saturated heterocycles. The summed E-state index contributed by atoms with van der Waals surface area (Å²) in [6, 6.07) is 6.76. The zero-order valence-electron chi connectivity index (χ0n) is 9.56. The first-order valence-electron chi connectivity index (χ1n) is 5.25. The number of ether oxygens (including phenoxy) is 1. The molecule has 0 amide bonds. The van der Waals surface area contributed by atoms with Gasteiger partial charge in [-0.3, -0.25) is 4.89 Å². The minimum Gasteiger partial charge on any atom is -0.494 e. The Kier molecular flexibility index (Phi) is 5.36. The summed E-state index contributed by atoms with van der Waals surface area (Å²) < 4.78 is 5.46. The predicted octanol–water partition coefficient (Wildman–Crippen LogP) is 2.58. The second kappa shape index (κ2) is 6.85. The smallest absolute Gasteiger partial charge is 0.373 e. The molecule has 0 fully saturated rings. The van der Waals surface area contributed by atoms with E-state index in [-0.39, 0.29) is 0 Å². The van der Waals surface area contributed by atoms with Crippen molar-refractivity contribution in [3.8, 4) is 5.75 Å². The van der Waals surface area contributed by atoms with Gasteiger partial charge in [0.15, 0.2) is 0 Å².